The van der Waals surface area contributed by atoms with Gasteiger partial charge in [0.2, 0.25) is 5.91 Å². The molecule has 0 unspecified atom stereocenters. The Balaban J connectivity index is 1.86. The molecule has 0 aromatic heterocycles. The van der Waals surface area contributed by atoms with Crippen LogP contribution in [-0.2, 0) is 11.3 Å². The second-order valence-corrected chi connectivity index (χ2v) is 7.54. The number of hydrogen-bond donors (Lipinski definition) is 1. The highest BCUT2D eigenvalue weighted by molar-refractivity contribution is 6.03. The summed E-state index contributed by atoms with van der Waals surface area (Å²) in [6.07, 6.45) is 0.635. The number of rotatable bonds is 5. The minimum absolute atomic E-state index is 0.0534. The van der Waals surface area contributed by atoms with Crippen molar-refractivity contribution in [3.8, 4) is 0 Å². The molecule has 136 valence electrons. The molecule has 0 bridgehead atoms. The maximum Gasteiger partial charge on any atom is 0.255 e. The minimum atomic E-state index is -0.477. The van der Waals surface area contributed by atoms with Crippen molar-refractivity contribution in [2.24, 2.45) is 5.92 Å². The van der Waals surface area contributed by atoms with Gasteiger partial charge in [-0.15, -0.1) is 0 Å². The van der Waals surface area contributed by atoms with Crippen molar-refractivity contribution >= 4 is 17.5 Å². The standard InChI is InChI=1S/C22H26N2O2/c1-14(2)11-20(21(25)23-19-12-15(3)9-10-16(19)4)24-13-17-7-5-6-8-18(17)22(24)26/h5-10,12,14,20H,11,13H2,1-4H3,(H,23,25)/t20-/m1/s1. The van der Waals surface area contributed by atoms with Gasteiger partial charge in [0.05, 0.1) is 0 Å². The van der Waals surface area contributed by atoms with Crippen LogP contribution in [0.15, 0.2) is 42.5 Å². The highest BCUT2D eigenvalue weighted by Gasteiger charge is 2.36. The monoisotopic (exact) mass is 350 g/mol. The van der Waals surface area contributed by atoms with E-state index in [2.05, 4.69) is 19.2 Å². The van der Waals surface area contributed by atoms with Gasteiger partial charge in [-0.25, -0.2) is 0 Å². The molecule has 0 saturated heterocycles. The van der Waals surface area contributed by atoms with Crippen LogP contribution in [0.1, 0.15) is 47.3 Å². The van der Waals surface area contributed by atoms with Crippen LogP contribution in [0.4, 0.5) is 5.69 Å². The summed E-state index contributed by atoms with van der Waals surface area (Å²) < 4.78 is 0. The fraction of sp³-hybridized carbons (Fsp3) is 0.364. The Morgan fingerprint density at radius 3 is 2.58 bits per heavy atom. The first-order valence-corrected chi connectivity index (χ1v) is 9.14. The van der Waals surface area contributed by atoms with E-state index in [0.29, 0.717) is 24.4 Å². The molecule has 0 fully saturated rings. The van der Waals surface area contributed by atoms with Gasteiger partial charge in [0, 0.05) is 17.8 Å². The van der Waals surface area contributed by atoms with E-state index in [1.165, 1.54) is 0 Å². The zero-order valence-electron chi connectivity index (χ0n) is 15.9. The van der Waals surface area contributed by atoms with Crippen molar-refractivity contribution in [1.29, 1.82) is 0 Å². The van der Waals surface area contributed by atoms with E-state index in [0.717, 1.165) is 22.4 Å². The van der Waals surface area contributed by atoms with Gasteiger partial charge in [-0.3, -0.25) is 9.59 Å². The second kappa shape index (κ2) is 7.32. The lowest BCUT2D eigenvalue weighted by Gasteiger charge is -2.28. The minimum Gasteiger partial charge on any atom is -0.324 e. The van der Waals surface area contributed by atoms with E-state index in [4.69, 9.17) is 0 Å². The summed E-state index contributed by atoms with van der Waals surface area (Å²) in [5.74, 6) is 0.136. The smallest absolute Gasteiger partial charge is 0.255 e. The number of nitrogens with zero attached hydrogens (tertiary/aromatic N) is 1. The van der Waals surface area contributed by atoms with Gasteiger partial charge in [0.1, 0.15) is 6.04 Å². The summed E-state index contributed by atoms with van der Waals surface area (Å²) in [4.78, 5) is 27.6. The number of amides is 2. The fourth-order valence-electron chi connectivity index (χ4n) is 3.44. The zero-order valence-corrected chi connectivity index (χ0v) is 15.9. The van der Waals surface area contributed by atoms with Crippen molar-refractivity contribution in [3.05, 3.63) is 64.7 Å². The van der Waals surface area contributed by atoms with E-state index >= 15 is 0 Å². The van der Waals surface area contributed by atoms with Crippen molar-refractivity contribution in [2.75, 3.05) is 5.32 Å². The molecular formula is C22H26N2O2. The number of nitrogens with one attached hydrogen (secondary N) is 1. The first kappa shape index (κ1) is 18.2. The van der Waals surface area contributed by atoms with Gasteiger partial charge in [0.25, 0.3) is 5.91 Å². The Labute approximate surface area is 155 Å². The van der Waals surface area contributed by atoms with Crippen LogP contribution in [0.5, 0.6) is 0 Å². The molecule has 1 N–H and O–H groups in total. The summed E-state index contributed by atoms with van der Waals surface area (Å²) >= 11 is 0. The molecule has 0 spiro atoms. The second-order valence-electron chi connectivity index (χ2n) is 7.54. The van der Waals surface area contributed by atoms with Crippen LogP contribution in [0.2, 0.25) is 0 Å². The molecule has 0 aliphatic carbocycles. The van der Waals surface area contributed by atoms with Crippen LogP contribution in [0.3, 0.4) is 0 Å². The summed E-state index contributed by atoms with van der Waals surface area (Å²) in [6.45, 7) is 8.62. The van der Waals surface area contributed by atoms with E-state index in [9.17, 15) is 9.59 Å². The number of anilines is 1. The molecule has 3 rings (SSSR count). The molecule has 1 aliphatic rings. The number of carbonyl (C=O) groups excluding carboxylic acids is 2. The molecular weight excluding hydrogens is 324 g/mol. The quantitative estimate of drug-likeness (QED) is 0.873. The lowest BCUT2D eigenvalue weighted by molar-refractivity contribution is -0.121. The van der Waals surface area contributed by atoms with E-state index < -0.39 is 6.04 Å². The summed E-state index contributed by atoms with van der Waals surface area (Å²) in [5.41, 5.74) is 4.62. The fourth-order valence-corrected chi connectivity index (χ4v) is 3.44. The van der Waals surface area contributed by atoms with Gasteiger partial charge in [-0.1, -0.05) is 44.2 Å². The number of benzene rings is 2. The third-order valence-electron chi connectivity index (χ3n) is 4.87. The van der Waals surface area contributed by atoms with Crippen LogP contribution < -0.4 is 5.32 Å². The van der Waals surface area contributed by atoms with Crippen molar-refractivity contribution in [1.82, 2.24) is 4.90 Å². The van der Waals surface area contributed by atoms with Crippen molar-refractivity contribution < 1.29 is 9.59 Å². The molecule has 1 aliphatic heterocycles. The van der Waals surface area contributed by atoms with Gasteiger partial charge >= 0.3 is 0 Å². The first-order valence-electron chi connectivity index (χ1n) is 9.14. The third kappa shape index (κ3) is 3.64. The predicted molar refractivity (Wildman–Crippen MR) is 104 cm³/mol. The zero-order chi connectivity index (χ0) is 18.8. The maximum absolute atomic E-state index is 13.1. The van der Waals surface area contributed by atoms with Crippen molar-refractivity contribution in [2.45, 2.75) is 46.7 Å². The summed E-state index contributed by atoms with van der Waals surface area (Å²) in [6, 6.07) is 13.1. The average molecular weight is 350 g/mol. The molecule has 0 radical (unpaired) electrons. The third-order valence-corrected chi connectivity index (χ3v) is 4.87. The molecule has 2 amide bonds. The largest absolute Gasteiger partial charge is 0.324 e. The van der Waals surface area contributed by atoms with E-state index in [1.54, 1.807) is 4.90 Å². The van der Waals surface area contributed by atoms with Crippen molar-refractivity contribution in [3.63, 3.8) is 0 Å². The van der Waals surface area contributed by atoms with Gasteiger partial charge < -0.3 is 10.2 Å². The van der Waals surface area contributed by atoms with Crippen LogP contribution >= 0.6 is 0 Å². The number of aryl methyl sites for hydroxylation is 2. The average Bonchev–Trinajstić information content (AvgIpc) is 2.93. The van der Waals surface area contributed by atoms with Crippen LogP contribution in [0.25, 0.3) is 0 Å². The van der Waals surface area contributed by atoms with E-state index in [-0.39, 0.29) is 11.8 Å². The Kier molecular flexibility index (Phi) is 5.12. The Morgan fingerprint density at radius 2 is 1.88 bits per heavy atom. The molecule has 4 nitrogen and oxygen atoms in total. The van der Waals surface area contributed by atoms with E-state index in [1.807, 2.05) is 56.3 Å². The van der Waals surface area contributed by atoms with Gasteiger partial charge in [-0.2, -0.15) is 0 Å². The molecule has 4 heteroatoms. The Morgan fingerprint density at radius 1 is 1.15 bits per heavy atom. The lowest BCUT2D eigenvalue weighted by atomic mass is 10.0. The SMILES string of the molecule is Cc1ccc(C)c(NC(=O)[C@@H](CC(C)C)N2Cc3ccccc3C2=O)c1. The highest BCUT2D eigenvalue weighted by atomic mass is 16.2. The number of fused-ring (bicyclic) bond motifs is 1. The van der Waals surface area contributed by atoms with Gasteiger partial charge in [-0.05, 0) is 55.0 Å². The molecule has 2 aromatic rings. The first-order chi connectivity index (χ1) is 12.4. The molecule has 0 saturated carbocycles. The molecule has 26 heavy (non-hydrogen) atoms. The lowest BCUT2D eigenvalue weighted by Crippen LogP contribution is -2.45. The Bertz CT molecular complexity index is 842. The topological polar surface area (TPSA) is 49.4 Å². The summed E-state index contributed by atoms with van der Waals surface area (Å²) in [5, 5.41) is 3.05. The highest BCUT2D eigenvalue weighted by Crippen LogP contribution is 2.28. The van der Waals surface area contributed by atoms with Crippen LogP contribution in [-0.4, -0.2) is 22.8 Å². The van der Waals surface area contributed by atoms with Crippen LogP contribution in [0, 0.1) is 19.8 Å². The maximum atomic E-state index is 13.1. The number of carbonyl (C=O) groups is 2. The van der Waals surface area contributed by atoms with Gasteiger partial charge in [0.15, 0.2) is 0 Å². The number of hydrogen-bond acceptors (Lipinski definition) is 2. The predicted octanol–water partition coefficient (Wildman–Crippen LogP) is 4.31. The summed E-state index contributed by atoms with van der Waals surface area (Å²) in [7, 11) is 0. The normalized spacial score (nSPS) is 14.5. The molecule has 1 heterocycles. The molecule has 1 atom stereocenters. The molecule has 2 aromatic carbocycles. The Hall–Kier alpha value is -2.62.